The number of benzene rings is 1. The average Bonchev–Trinajstić information content (AvgIpc) is 3.69. The molecule has 0 saturated carbocycles. The summed E-state index contributed by atoms with van der Waals surface area (Å²) < 4.78 is 49.0. The molecule has 4 heterocycles. The van der Waals surface area contributed by atoms with Gasteiger partial charge in [0.2, 0.25) is 5.91 Å². The first-order valence-corrected chi connectivity index (χ1v) is 14.8. The minimum Gasteiger partial charge on any atom is -0.426 e. The van der Waals surface area contributed by atoms with Crippen molar-refractivity contribution in [2.24, 2.45) is 5.92 Å². The number of amides is 2. The van der Waals surface area contributed by atoms with E-state index >= 15 is 0 Å². The third-order valence-corrected chi connectivity index (χ3v) is 7.70. The maximum absolute atomic E-state index is 13.8. The maximum atomic E-state index is 13.8. The molecule has 3 aromatic heterocycles. The van der Waals surface area contributed by atoms with Crippen LogP contribution in [-0.4, -0.2) is 68.6 Å². The van der Waals surface area contributed by atoms with Crippen LogP contribution in [0.15, 0.2) is 36.9 Å². The largest absolute Gasteiger partial charge is 0.435 e. The third kappa shape index (κ3) is 7.33. The molecule has 0 unspecified atom stereocenters. The number of hydrogen-bond donors (Lipinski definition) is 4. The predicted octanol–water partition coefficient (Wildman–Crippen LogP) is 2.82. The van der Waals surface area contributed by atoms with Gasteiger partial charge >= 0.3 is 6.18 Å². The van der Waals surface area contributed by atoms with Crippen LogP contribution in [0.25, 0.3) is 16.9 Å². The summed E-state index contributed by atoms with van der Waals surface area (Å²) in [5, 5.41) is 24.2. The van der Waals surface area contributed by atoms with Crippen molar-refractivity contribution in [2.75, 3.05) is 31.5 Å². The van der Waals surface area contributed by atoms with E-state index in [0.717, 1.165) is 36.8 Å². The quantitative estimate of drug-likeness (QED) is 0.166. The zero-order chi connectivity index (χ0) is 33.6. The molecule has 17 heteroatoms. The van der Waals surface area contributed by atoms with Crippen molar-refractivity contribution in [3.8, 4) is 23.1 Å². The zero-order valence-corrected chi connectivity index (χ0v) is 25.2. The molecule has 1 aliphatic heterocycles. The normalized spacial score (nSPS) is 13.6. The highest BCUT2D eigenvalue weighted by Gasteiger charge is 2.38. The Morgan fingerprint density at radius 3 is 2.70 bits per heavy atom. The van der Waals surface area contributed by atoms with Gasteiger partial charge in [-0.1, -0.05) is 6.92 Å². The van der Waals surface area contributed by atoms with E-state index in [1.165, 1.54) is 35.1 Å². The molecule has 2 amide bonds. The standard InChI is InChI=1S/C30H31F3N10O4/c1-2-19-20(29(46)39-15-24(45)37-13-18-5-8-35-9-6-18)3-4-22(25(19)47-17-44)40-27-28-38-14-23(43(28)12-10-36-27)21-16-42(11-7-34)41-26(21)30(31,32)33/h3-4,10,12,14,16-18,35H,2,5-6,8-9,11,13,15H2,1H3,(H,36,40)(H,37,45)(H,39,46). The Hall–Kier alpha value is -5.50. The highest BCUT2D eigenvalue weighted by Crippen LogP contribution is 2.38. The Bertz CT molecular complexity index is 1820. The van der Waals surface area contributed by atoms with E-state index in [1.807, 2.05) is 0 Å². The molecular formula is C30H31F3N10O4. The van der Waals surface area contributed by atoms with Crippen molar-refractivity contribution in [2.45, 2.75) is 38.9 Å². The molecule has 0 aliphatic carbocycles. The van der Waals surface area contributed by atoms with Gasteiger partial charge in [-0.25, -0.2) is 9.97 Å². The highest BCUT2D eigenvalue weighted by atomic mass is 19.4. The lowest BCUT2D eigenvalue weighted by Crippen LogP contribution is -2.41. The molecule has 1 saturated heterocycles. The SMILES string of the molecule is CCc1c(C(=O)NCC(=O)NCC2CCNCC2)ccc(Nc2nccn3c(-c4cn(CC#N)nc4C(F)(F)F)cnc23)c1OC=O. The molecule has 0 bridgehead atoms. The second kappa shape index (κ2) is 14.3. The van der Waals surface area contributed by atoms with Crippen LogP contribution in [0.3, 0.4) is 0 Å². The summed E-state index contributed by atoms with van der Waals surface area (Å²) in [4.78, 5) is 45.6. The Kier molecular flexibility index (Phi) is 10.00. The lowest BCUT2D eigenvalue weighted by molar-refractivity contribution is -0.141. The number of nitriles is 1. The van der Waals surface area contributed by atoms with Gasteiger partial charge in [0.15, 0.2) is 22.9 Å². The predicted molar refractivity (Wildman–Crippen MR) is 162 cm³/mol. The summed E-state index contributed by atoms with van der Waals surface area (Å²) in [6.07, 6.45) is 2.50. The topological polar surface area (TPSA) is 180 Å². The molecule has 1 fully saturated rings. The van der Waals surface area contributed by atoms with Crippen LogP contribution in [0.5, 0.6) is 5.75 Å². The Morgan fingerprint density at radius 2 is 2.00 bits per heavy atom. The second-order valence-corrected chi connectivity index (χ2v) is 10.7. The number of halogens is 3. The molecule has 246 valence electrons. The molecule has 47 heavy (non-hydrogen) atoms. The summed E-state index contributed by atoms with van der Waals surface area (Å²) in [6, 6.07) is 4.74. The van der Waals surface area contributed by atoms with Gasteiger partial charge in [0.1, 0.15) is 6.54 Å². The van der Waals surface area contributed by atoms with Crippen LogP contribution in [0.1, 0.15) is 41.4 Å². The van der Waals surface area contributed by atoms with E-state index in [2.05, 4.69) is 36.3 Å². The molecule has 0 spiro atoms. The van der Waals surface area contributed by atoms with E-state index < -0.39 is 17.8 Å². The van der Waals surface area contributed by atoms with Crippen molar-refractivity contribution in [3.63, 3.8) is 0 Å². The number of rotatable bonds is 12. The summed E-state index contributed by atoms with van der Waals surface area (Å²) >= 11 is 0. The van der Waals surface area contributed by atoms with Gasteiger partial charge in [-0.05, 0) is 50.4 Å². The number of piperidine rings is 1. The molecule has 0 radical (unpaired) electrons. The zero-order valence-electron chi connectivity index (χ0n) is 25.2. The molecular weight excluding hydrogens is 621 g/mol. The van der Waals surface area contributed by atoms with Gasteiger partial charge in [-0.15, -0.1) is 0 Å². The van der Waals surface area contributed by atoms with Gasteiger partial charge in [-0.2, -0.15) is 23.5 Å². The molecule has 0 atom stereocenters. The van der Waals surface area contributed by atoms with Gasteiger partial charge in [0, 0.05) is 36.3 Å². The maximum Gasteiger partial charge on any atom is 0.435 e. The van der Waals surface area contributed by atoms with Crippen LogP contribution in [-0.2, 0) is 28.7 Å². The minimum atomic E-state index is -4.80. The summed E-state index contributed by atoms with van der Waals surface area (Å²) in [5.74, 6) is -0.354. The minimum absolute atomic E-state index is 0.0261. The number of alkyl halides is 3. The number of nitrogens with one attached hydrogen (secondary N) is 4. The van der Waals surface area contributed by atoms with Gasteiger partial charge in [0.25, 0.3) is 12.4 Å². The highest BCUT2D eigenvalue weighted by molar-refractivity contribution is 5.99. The van der Waals surface area contributed by atoms with Crippen molar-refractivity contribution in [1.29, 1.82) is 5.26 Å². The number of ether oxygens (including phenoxy) is 1. The number of carbonyl (C=O) groups excluding carboxylic acids is 3. The first kappa shape index (κ1) is 32.9. The molecule has 14 nitrogen and oxygen atoms in total. The number of hydrogen-bond acceptors (Lipinski definition) is 10. The smallest absolute Gasteiger partial charge is 0.426 e. The second-order valence-electron chi connectivity index (χ2n) is 10.7. The Morgan fingerprint density at radius 1 is 1.21 bits per heavy atom. The van der Waals surface area contributed by atoms with Crippen LogP contribution in [0.4, 0.5) is 24.7 Å². The number of carbonyl (C=O) groups is 3. The van der Waals surface area contributed by atoms with E-state index in [0.29, 0.717) is 18.0 Å². The molecule has 4 aromatic rings. The van der Waals surface area contributed by atoms with Crippen molar-refractivity contribution in [3.05, 3.63) is 53.7 Å². The van der Waals surface area contributed by atoms with Gasteiger partial charge < -0.3 is 26.0 Å². The van der Waals surface area contributed by atoms with Crippen LogP contribution >= 0.6 is 0 Å². The van der Waals surface area contributed by atoms with E-state index in [1.54, 1.807) is 13.0 Å². The van der Waals surface area contributed by atoms with Gasteiger partial charge in [-0.3, -0.25) is 23.5 Å². The Labute approximate surface area is 266 Å². The number of nitrogens with zero attached hydrogens (tertiary/aromatic N) is 6. The van der Waals surface area contributed by atoms with Crippen LogP contribution in [0.2, 0.25) is 0 Å². The fourth-order valence-electron chi connectivity index (χ4n) is 5.44. The first-order valence-electron chi connectivity index (χ1n) is 14.8. The van der Waals surface area contributed by atoms with E-state index in [-0.39, 0.29) is 71.6 Å². The molecule has 1 aliphatic rings. The number of fused-ring (bicyclic) bond motifs is 1. The van der Waals surface area contributed by atoms with Crippen LogP contribution in [0, 0.1) is 17.2 Å². The summed E-state index contributed by atoms with van der Waals surface area (Å²) in [6.45, 7) is 3.67. The van der Waals surface area contributed by atoms with E-state index in [9.17, 15) is 27.6 Å². The number of imidazole rings is 1. The number of aromatic nitrogens is 5. The lowest BCUT2D eigenvalue weighted by Gasteiger charge is -2.22. The number of anilines is 2. The average molecular weight is 653 g/mol. The first-order chi connectivity index (χ1) is 22.6. The molecule has 5 rings (SSSR count). The summed E-state index contributed by atoms with van der Waals surface area (Å²) in [7, 11) is 0. The van der Waals surface area contributed by atoms with Crippen molar-refractivity contribution in [1.82, 2.24) is 40.1 Å². The Balaban J connectivity index is 1.39. The van der Waals surface area contributed by atoms with E-state index in [4.69, 9.17) is 10.00 Å². The molecule has 1 aromatic carbocycles. The van der Waals surface area contributed by atoms with Gasteiger partial charge in [0.05, 0.1) is 35.8 Å². The fraction of sp³-hybridized carbons (Fsp3) is 0.367. The van der Waals surface area contributed by atoms with Crippen molar-refractivity contribution >= 4 is 35.4 Å². The van der Waals surface area contributed by atoms with Crippen LogP contribution < -0.4 is 26.0 Å². The monoisotopic (exact) mass is 652 g/mol. The van der Waals surface area contributed by atoms with Crippen molar-refractivity contribution < 1.29 is 32.3 Å². The lowest BCUT2D eigenvalue weighted by atomic mass is 9.98. The third-order valence-electron chi connectivity index (χ3n) is 7.70. The fourth-order valence-corrected chi connectivity index (χ4v) is 5.44. The molecule has 4 N–H and O–H groups in total. The summed E-state index contributed by atoms with van der Waals surface area (Å²) in [5.41, 5.74) is -0.499.